The van der Waals surface area contributed by atoms with E-state index in [1.807, 2.05) is 30.3 Å². The summed E-state index contributed by atoms with van der Waals surface area (Å²) < 4.78 is 32.0. The number of esters is 1. The van der Waals surface area contributed by atoms with Gasteiger partial charge >= 0.3 is 5.97 Å². The minimum atomic E-state index is -4.02. The van der Waals surface area contributed by atoms with E-state index in [0.29, 0.717) is 5.56 Å². The first-order valence-electron chi connectivity index (χ1n) is 8.81. The summed E-state index contributed by atoms with van der Waals surface area (Å²) in [5.74, 6) is -0.444. The van der Waals surface area contributed by atoms with Crippen molar-refractivity contribution >= 4 is 26.6 Å². The Labute approximate surface area is 164 Å². The van der Waals surface area contributed by atoms with E-state index in [9.17, 15) is 13.2 Å². The Bertz CT molecular complexity index is 1080. The molecule has 0 radical (unpaired) electrons. The quantitative estimate of drug-likeness (QED) is 0.361. The molecule has 0 amide bonds. The molecule has 0 saturated heterocycles. The normalized spacial score (nSPS) is 13.8. The molecule has 6 nitrogen and oxygen atoms in total. The highest BCUT2D eigenvalue weighted by atomic mass is 32.2. The van der Waals surface area contributed by atoms with Crippen molar-refractivity contribution in [3.63, 3.8) is 0 Å². The highest BCUT2D eigenvalue weighted by molar-refractivity contribution is 7.92. The molecular formula is C21H22N2O4S. The Balaban J connectivity index is 2.13. The zero-order valence-corrected chi connectivity index (χ0v) is 16.3. The molecule has 146 valence electrons. The molecule has 0 saturated carbocycles. The van der Waals surface area contributed by atoms with E-state index >= 15 is 0 Å². The van der Waals surface area contributed by atoms with Crippen LogP contribution in [0.2, 0.25) is 0 Å². The molecule has 3 aromatic rings. The van der Waals surface area contributed by atoms with Crippen molar-refractivity contribution in [2.45, 2.75) is 16.8 Å². The third-order valence-corrected chi connectivity index (χ3v) is 6.57. The van der Waals surface area contributed by atoms with Gasteiger partial charge in [0.15, 0.2) is 0 Å². The summed E-state index contributed by atoms with van der Waals surface area (Å²) >= 11 is 0. The number of carbonyl (C=O) groups excluding carboxylic acids is 1. The summed E-state index contributed by atoms with van der Waals surface area (Å²) in [5, 5.41) is 4.51. The average molecular weight is 398 g/mol. The van der Waals surface area contributed by atoms with Crippen molar-refractivity contribution in [1.29, 1.82) is 0 Å². The van der Waals surface area contributed by atoms with Crippen molar-refractivity contribution in [3.8, 4) is 0 Å². The third kappa shape index (κ3) is 3.77. The lowest BCUT2D eigenvalue weighted by Crippen LogP contribution is -2.57. The molecule has 0 bridgehead atoms. The Morgan fingerprint density at radius 2 is 1.64 bits per heavy atom. The second kappa shape index (κ2) is 8.10. The van der Waals surface area contributed by atoms with Gasteiger partial charge in [0.1, 0.15) is 6.61 Å². The topological polar surface area (TPSA) is 98.5 Å². The fourth-order valence-electron chi connectivity index (χ4n) is 3.10. The average Bonchev–Trinajstić information content (AvgIpc) is 2.71. The van der Waals surface area contributed by atoms with E-state index < -0.39 is 20.8 Å². The number of rotatable bonds is 7. The van der Waals surface area contributed by atoms with Gasteiger partial charge in [0.25, 0.3) is 0 Å². The van der Waals surface area contributed by atoms with Crippen molar-refractivity contribution in [1.82, 2.24) is 5.32 Å². The standard InChI is InChI=1S/C21H22N2O4S/c1-16(24)27-15-14-23-21(22,28(25,26)18-10-3-2-4-11-18)20-13-7-9-17-8-5-6-12-19(17)20/h2-13,23H,14-15,22H2,1H3. The number of nitrogens with two attached hydrogens (primary N) is 1. The van der Waals surface area contributed by atoms with Gasteiger partial charge in [-0.3, -0.25) is 15.8 Å². The van der Waals surface area contributed by atoms with Gasteiger partial charge in [-0.25, -0.2) is 8.42 Å². The molecule has 0 fully saturated rings. The van der Waals surface area contributed by atoms with Gasteiger partial charge < -0.3 is 4.74 Å². The van der Waals surface area contributed by atoms with Crippen LogP contribution in [0.1, 0.15) is 12.5 Å². The first kappa shape index (κ1) is 20.0. The number of ether oxygens (including phenoxy) is 1. The van der Waals surface area contributed by atoms with E-state index in [1.54, 1.807) is 30.3 Å². The first-order valence-corrected chi connectivity index (χ1v) is 10.3. The molecule has 3 N–H and O–H groups in total. The predicted molar refractivity (Wildman–Crippen MR) is 108 cm³/mol. The maximum Gasteiger partial charge on any atom is 0.302 e. The van der Waals surface area contributed by atoms with Gasteiger partial charge in [-0.1, -0.05) is 60.7 Å². The minimum absolute atomic E-state index is 0.00333. The molecule has 3 aromatic carbocycles. The van der Waals surface area contributed by atoms with E-state index in [-0.39, 0.29) is 18.0 Å². The van der Waals surface area contributed by atoms with Crippen molar-refractivity contribution < 1.29 is 17.9 Å². The molecule has 0 spiro atoms. The van der Waals surface area contributed by atoms with Crippen LogP contribution in [-0.2, 0) is 24.4 Å². The molecule has 3 rings (SSSR count). The highest BCUT2D eigenvalue weighted by Gasteiger charge is 2.43. The summed E-state index contributed by atoms with van der Waals surface area (Å²) in [6, 6.07) is 20.9. The van der Waals surface area contributed by atoms with Crippen LogP contribution >= 0.6 is 0 Å². The highest BCUT2D eigenvalue weighted by Crippen LogP contribution is 2.33. The predicted octanol–water partition coefficient (Wildman–Crippen LogP) is 2.54. The van der Waals surface area contributed by atoms with E-state index in [1.165, 1.54) is 19.1 Å². The second-order valence-corrected chi connectivity index (χ2v) is 8.47. The summed E-state index contributed by atoms with van der Waals surface area (Å²) in [5.41, 5.74) is 7.00. The number of hydrogen-bond acceptors (Lipinski definition) is 6. The number of sulfone groups is 1. The molecule has 28 heavy (non-hydrogen) atoms. The minimum Gasteiger partial charge on any atom is -0.465 e. The zero-order valence-electron chi connectivity index (χ0n) is 15.5. The zero-order chi connectivity index (χ0) is 20.2. The number of benzene rings is 3. The fourth-order valence-corrected chi connectivity index (χ4v) is 4.75. The van der Waals surface area contributed by atoms with Crippen LogP contribution < -0.4 is 11.1 Å². The van der Waals surface area contributed by atoms with Gasteiger partial charge in [0.05, 0.1) is 4.90 Å². The van der Waals surface area contributed by atoms with Crippen LogP contribution in [0.15, 0.2) is 77.7 Å². The Morgan fingerprint density at radius 1 is 1.00 bits per heavy atom. The first-order chi connectivity index (χ1) is 13.4. The summed E-state index contributed by atoms with van der Waals surface area (Å²) in [6.45, 7) is 1.37. The van der Waals surface area contributed by atoms with Gasteiger partial charge in [0, 0.05) is 19.0 Å². The summed E-state index contributed by atoms with van der Waals surface area (Å²) in [7, 11) is -4.02. The number of carbonyl (C=O) groups is 1. The summed E-state index contributed by atoms with van der Waals surface area (Å²) in [6.07, 6.45) is 0. The summed E-state index contributed by atoms with van der Waals surface area (Å²) in [4.78, 5) is 9.23. The number of hydrogen-bond donors (Lipinski definition) is 2. The lowest BCUT2D eigenvalue weighted by Gasteiger charge is -2.32. The van der Waals surface area contributed by atoms with Crippen LogP contribution in [0, 0.1) is 0 Å². The molecule has 1 unspecified atom stereocenters. The van der Waals surface area contributed by atoms with Gasteiger partial charge in [-0.15, -0.1) is 0 Å². The third-order valence-electron chi connectivity index (χ3n) is 4.46. The van der Waals surface area contributed by atoms with Gasteiger partial charge in [-0.05, 0) is 22.9 Å². The van der Waals surface area contributed by atoms with Crippen LogP contribution in [0.3, 0.4) is 0 Å². The molecule has 0 aliphatic rings. The van der Waals surface area contributed by atoms with Crippen molar-refractivity contribution in [2.24, 2.45) is 5.73 Å². The monoisotopic (exact) mass is 398 g/mol. The van der Waals surface area contributed by atoms with Crippen molar-refractivity contribution in [2.75, 3.05) is 13.2 Å². The van der Waals surface area contributed by atoms with Gasteiger partial charge in [-0.2, -0.15) is 0 Å². The molecule has 0 heterocycles. The van der Waals surface area contributed by atoms with Crippen LogP contribution in [0.5, 0.6) is 0 Å². The Kier molecular flexibility index (Phi) is 5.79. The lowest BCUT2D eigenvalue weighted by molar-refractivity contribution is -0.140. The van der Waals surface area contributed by atoms with E-state index in [0.717, 1.165) is 10.8 Å². The van der Waals surface area contributed by atoms with Crippen LogP contribution in [-0.4, -0.2) is 27.5 Å². The molecule has 1 atom stereocenters. The maximum absolute atomic E-state index is 13.5. The SMILES string of the molecule is CC(=O)OCCNC(N)(c1cccc2ccccc12)S(=O)(=O)c1ccccc1. The van der Waals surface area contributed by atoms with E-state index in [4.69, 9.17) is 10.5 Å². The van der Waals surface area contributed by atoms with Crippen LogP contribution in [0.25, 0.3) is 10.8 Å². The lowest BCUT2D eigenvalue weighted by atomic mass is 10.0. The fraction of sp³-hybridized carbons (Fsp3) is 0.190. The molecule has 0 aliphatic heterocycles. The number of fused-ring (bicyclic) bond motifs is 1. The molecule has 0 aliphatic carbocycles. The smallest absolute Gasteiger partial charge is 0.302 e. The van der Waals surface area contributed by atoms with E-state index in [2.05, 4.69) is 5.32 Å². The Hall–Kier alpha value is -2.74. The Morgan fingerprint density at radius 3 is 2.36 bits per heavy atom. The molecule has 7 heteroatoms. The molecular weight excluding hydrogens is 376 g/mol. The van der Waals surface area contributed by atoms with Crippen molar-refractivity contribution in [3.05, 3.63) is 78.4 Å². The second-order valence-electron chi connectivity index (χ2n) is 6.35. The largest absolute Gasteiger partial charge is 0.465 e. The molecule has 0 aromatic heterocycles. The van der Waals surface area contributed by atoms with Crippen LogP contribution in [0.4, 0.5) is 0 Å². The number of nitrogens with one attached hydrogen (secondary N) is 1. The van der Waals surface area contributed by atoms with Gasteiger partial charge in [0.2, 0.25) is 14.8 Å². The maximum atomic E-state index is 13.5.